The maximum Gasteiger partial charge on any atom is 0.0314 e. The third-order valence-electron chi connectivity index (χ3n) is 12.1. The SMILES string of the molecule is CCCCCCCCCCC(c1ccc(N)cc1)c1ccc(CC(CCCC)Cc2ccc(C(CCCCCCCCCC)c3ccc(N)cc3)cc2)cc1. The Hall–Kier alpha value is -3.52. The highest BCUT2D eigenvalue weighted by Gasteiger charge is 2.18. The minimum Gasteiger partial charge on any atom is -0.399 e. The molecule has 0 saturated carbocycles. The van der Waals surface area contributed by atoms with Gasteiger partial charge in [0.1, 0.15) is 0 Å². The Labute approximate surface area is 338 Å². The van der Waals surface area contributed by atoms with Gasteiger partial charge in [-0.1, -0.05) is 209 Å². The van der Waals surface area contributed by atoms with Gasteiger partial charge in [-0.15, -0.1) is 0 Å². The van der Waals surface area contributed by atoms with Crippen molar-refractivity contribution in [2.75, 3.05) is 11.5 Å². The van der Waals surface area contributed by atoms with Gasteiger partial charge < -0.3 is 11.5 Å². The summed E-state index contributed by atoms with van der Waals surface area (Å²) in [5, 5.41) is 0. The zero-order chi connectivity index (χ0) is 38.9. The number of unbranched alkanes of at least 4 members (excludes halogenated alkanes) is 15. The predicted octanol–water partition coefficient (Wildman–Crippen LogP) is 15.8. The fourth-order valence-electron chi connectivity index (χ4n) is 8.68. The Balaban J connectivity index is 1.38. The summed E-state index contributed by atoms with van der Waals surface area (Å²) in [5.74, 6) is 1.50. The molecule has 0 radical (unpaired) electrons. The topological polar surface area (TPSA) is 52.0 Å². The second-order valence-corrected chi connectivity index (χ2v) is 16.9. The van der Waals surface area contributed by atoms with Gasteiger partial charge in [-0.25, -0.2) is 0 Å². The van der Waals surface area contributed by atoms with Crippen LogP contribution in [0.1, 0.15) is 201 Å². The van der Waals surface area contributed by atoms with E-state index in [4.69, 9.17) is 11.5 Å². The minimum atomic E-state index is 0.428. The summed E-state index contributed by atoms with van der Waals surface area (Å²) < 4.78 is 0. The van der Waals surface area contributed by atoms with Gasteiger partial charge in [0.15, 0.2) is 0 Å². The van der Waals surface area contributed by atoms with Crippen LogP contribution in [0.2, 0.25) is 0 Å². The van der Waals surface area contributed by atoms with Gasteiger partial charge in [-0.3, -0.25) is 0 Å². The standard InChI is InChI=1S/C53H78N2/c1-4-7-10-12-14-16-18-20-23-52(48-33-37-50(54)38-34-48)46-29-25-43(26-30-46)41-45(22-9-6-3)42-44-27-31-47(32-28-44)53(49-35-39-51(55)40-36-49)24-21-19-17-15-13-11-8-5-2/h25-40,45,52-53H,4-24,41-42,54-55H2,1-3H3. The molecule has 2 nitrogen and oxygen atoms in total. The average molecular weight is 743 g/mol. The molecule has 2 atom stereocenters. The van der Waals surface area contributed by atoms with Crippen LogP contribution in [0.25, 0.3) is 0 Å². The summed E-state index contributed by atoms with van der Waals surface area (Å²) in [6.07, 6.45) is 30.2. The quantitative estimate of drug-likeness (QED) is 0.0430. The highest BCUT2D eigenvalue weighted by Crippen LogP contribution is 2.34. The van der Waals surface area contributed by atoms with Gasteiger partial charge in [-0.2, -0.15) is 0 Å². The molecule has 300 valence electrons. The van der Waals surface area contributed by atoms with E-state index in [-0.39, 0.29) is 0 Å². The number of hydrogen-bond acceptors (Lipinski definition) is 2. The number of nitrogens with two attached hydrogens (primary N) is 2. The van der Waals surface area contributed by atoms with Crippen LogP contribution < -0.4 is 11.5 Å². The lowest BCUT2D eigenvalue weighted by molar-refractivity contribution is 0.460. The Morgan fingerprint density at radius 3 is 0.945 bits per heavy atom. The third-order valence-corrected chi connectivity index (χ3v) is 12.1. The molecule has 0 aliphatic heterocycles. The molecule has 4 rings (SSSR count). The van der Waals surface area contributed by atoms with Gasteiger partial charge in [0.05, 0.1) is 0 Å². The van der Waals surface area contributed by atoms with Crippen LogP contribution >= 0.6 is 0 Å². The van der Waals surface area contributed by atoms with Crippen molar-refractivity contribution < 1.29 is 0 Å². The molecule has 55 heavy (non-hydrogen) atoms. The lowest BCUT2D eigenvalue weighted by Crippen LogP contribution is -2.10. The van der Waals surface area contributed by atoms with Gasteiger partial charge in [0.25, 0.3) is 0 Å². The lowest BCUT2D eigenvalue weighted by Gasteiger charge is -2.21. The van der Waals surface area contributed by atoms with Gasteiger partial charge in [0.2, 0.25) is 0 Å². The summed E-state index contributed by atoms with van der Waals surface area (Å²) in [7, 11) is 0. The average Bonchev–Trinajstić information content (AvgIpc) is 3.20. The van der Waals surface area contributed by atoms with Gasteiger partial charge in [0, 0.05) is 23.2 Å². The van der Waals surface area contributed by atoms with E-state index in [9.17, 15) is 0 Å². The first-order valence-corrected chi connectivity index (χ1v) is 22.9. The second kappa shape index (κ2) is 26.4. The van der Waals surface area contributed by atoms with Crippen molar-refractivity contribution in [3.05, 3.63) is 130 Å². The van der Waals surface area contributed by atoms with Crippen molar-refractivity contribution in [1.29, 1.82) is 0 Å². The molecule has 0 heterocycles. The van der Waals surface area contributed by atoms with Crippen molar-refractivity contribution >= 4 is 11.4 Å². The maximum atomic E-state index is 6.10. The molecule has 0 aliphatic rings. The third kappa shape index (κ3) is 16.6. The summed E-state index contributed by atoms with van der Waals surface area (Å²) >= 11 is 0. The highest BCUT2D eigenvalue weighted by molar-refractivity contribution is 5.44. The van der Waals surface area contributed by atoms with Crippen molar-refractivity contribution in [3.8, 4) is 0 Å². The van der Waals surface area contributed by atoms with Crippen molar-refractivity contribution in [2.24, 2.45) is 5.92 Å². The van der Waals surface area contributed by atoms with E-state index >= 15 is 0 Å². The Morgan fingerprint density at radius 1 is 0.327 bits per heavy atom. The molecule has 0 bridgehead atoms. The summed E-state index contributed by atoms with van der Waals surface area (Å²) in [6, 6.07) is 36.7. The molecule has 4 aromatic carbocycles. The summed E-state index contributed by atoms with van der Waals surface area (Å²) in [6.45, 7) is 6.92. The zero-order valence-corrected chi connectivity index (χ0v) is 35.4. The van der Waals surface area contributed by atoms with E-state index in [2.05, 4.69) is 118 Å². The van der Waals surface area contributed by atoms with Crippen LogP contribution in [-0.2, 0) is 12.8 Å². The molecule has 0 saturated heterocycles. The van der Waals surface area contributed by atoms with E-state index < -0.39 is 0 Å². The smallest absolute Gasteiger partial charge is 0.0314 e. The zero-order valence-electron chi connectivity index (χ0n) is 35.4. The van der Waals surface area contributed by atoms with Gasteiger partial charge in [-0.05, 0) is 95.7 Å². The van der Waals surface area contributed by atoms with E-state index in [1.54, 1.807) is 0 Å². The van der Waals surface area contributed by atoms with Crippen LogP contribution in [0.15, 0.2) is 97.1 Å². The van der Waals surface area contributed by atoms with Crippen molar-refractivity contribution in [3.63, 3.8) is 0 Å². The van der Waals surface area contributed by atoms with E-state index in [0.717, 1.165) is 24.2 Å². The maximum absolute atomic E-state index is 6.10. The first kappa shape index (κ1) is 44.2. The Bertz CT molecular complexity index is 1400. The lowest BCUT2D eigenvalue weighted by atomic mass is 9.84. The van der Waals surface area contributed by atoms with E-state index in [1.165, 1.54) is 168 Å². The Morgan fingerprint density at radius 2 is 0.618 bits per heavy atom. The minimum absolute atomic E-state index is 0.428. The van der Waals surface area contributed by atoms with Crippen LogP contribution in [0, 0.1) is 5.92 Å². The monoisotopic (exact) mass is 743 g/mol. The van der Waals surface area contributed by atoms with Crippen LogP contribution in [0.4, 0.5) is 11.4 Å². The normalized spacial score (nSPS) is 13.1. The summed E-state index contributed by atoms with van der Waals surface area (Å²) in [4.78, 5) is 0. The molecule has 0 aromatic heterocycles. The van der Waals surface area contributed by atoms with Crippen LogP contribution in [-0.4, -0.2) is 0 Å². The molecule has 2 unspecified atom stereocenters. The molecule has 0 spiro atoms. The molecular weight excluding hydrogens is 665 g/mol. The van der Waals surface area contributed by atoms with Crippen molar-refractivity contribution in [2.45, 2.75) is 180 Å². The number of rotatable bonds is 29. The highest BCUT2D eigenvalue weighted by atomic mass is 14.5. The number of benzene rings is 4. The molecule has 0 aliphatic carbocycles. The van der Waals surface area contributed by atoms with E-state index in [1.807, 2.05) is 0 Å². The molecule has 0 amide bonds. The van der Waals surface area contributed by atoms with Crippen LogP contribution in [0.5, 0.6) is 0 Å². The fourth-order valence-corrected chi connectivity index (χ4v) is 8.68. The molecular formula is C53H78N2. The predicted molar refractivity (Wildman–Crippen MR) is 243 cm³/mol. The molecule has 4 aromatic rings. The largest absolute Gasteiger partial charge is 0.399 e. The van der Waals surface area contributed by atoms with Crippen LogP contribution in [0.3, 0.4) is 0 Å². The molecule has 0 fully saturated rings. The number of anilines is 2. The first-order chi connectivity index (χ1) is 27.0. The fraction of sp³-hybridized carbons (Fsp3) is 0.547. The van der Waals surface area contributed by atoms with Gasteiger partial charge >= 0.3 is 0 Å². The number of nitrogen functional groups attached to an aromatic ring is 2. The van der Waals surface area contributed by atoms with Crippen molar-refractivity contribution in [1.82, 2.24) is 0 Å². The Kier molecular flexibility index (Phi) is 21.2. The van der Waals surface area contributed by atoms with E-state index in [0.29, 0.717) is 17.8 Å². The molecule has 2 heteroatoms. The second-order valence-electron chi connectivity index (χ2n) is 16.9. The first-order valence-electron chi connectivity index (χ1n) is 22.9. The molecule has 4 N–H and O–H groups in total. The number of hydrogen-bond donors (Lipinski definition) is 2. The summed E-state index contributed by atoms with van der Waals surface area (Å²) in [5.41, 5.74) is 22.5.